The van der Waals surface area contributed by atoms with Gasteiger partial charge in [-0.15, -0.1) is 0 Å². The number of carbonyl (C=O) groups is 2. The SMILES string of the molecule is CC(=O)N[C@H]1C(O)O[C@H](COS(=O)(=O)[O-])[C@H](O)[C@@H]1O[C@@H]1OC(C(=O)[O-])=C[C@H](O)[C@H]1O. The lowest BCUT2D eigenvalue weighted by molar-refractivity contribution is -0.320. The zero-order valence-electron chi connectivity index (χ0n) is 15.2. The molecule has 0 radical (unpaired) electrons. The number of amides is 1. The second-order valence-corrected chi connectivity index (χ2v) is 7.41. The highest BCUT2D eigenvalue weighted by Gasteiger charge is 2.49. The first kappa shape index (κ1) is 24.4. The highest BCUT2D eigenvalue weighted by molar-refractivity contribution is 7.80. The molecule has 0 aromatic carbocycles. The van der Waals surface area contributed by atoms with Crippen molar-refractivity contribution in [1.29, 1.82) is 0 Å². The van der Waals surface area contributed by atoms with Crippen molar-refractivity contribution in [2.75, 3.05) is 6.61 Å². The Balaban J connectivity index is 2.26. The van der Waals surface area contributed by atoms with E-state index in [1.807, 2.05) is 0 Å². The van der Waals surface area contributed by atoms with Crippen molar-refractivity contribution in [2.45, 2.75) is 56.1 Å². The van der Waals surface area contributed by atoms with Gasteiger partial charge in [-0.25, -0.2) is 8.42 Å². The first-order valence-electron chi connectivity index (χ1n) is 8.30. The van der Waals surface area contributed by atoms with Crippen molar-refractivity contribution in [3.05, 3.63) is 11.8 Å². The Morgan fingerprint density at radius 2 is 1.87 bits per heavy atom. The number of hydrogen-bond donors (Lipinski definition) is 5. The third-order valence-electron chi connectivity index (χ3n) is 4.13. The summed E-state index contributed by atoms with van der Waals surface area (Å²) in [5.74, 6) is -3.47. The number of ether oxygens (including phenoxy) is 3. The minimum atomic E-state index is -5.19. The number of aliphatic carboxylic acids is 1. The summed E-state index contributed by atoms with van der Waals surface area (Å²) in [7, 11) is -5.19. The zero-order valence-corrected chi connectivity index (χ0v) is 16.0. The van der Waals surface area contributed by atoms with Crippen LogP contribution in [0.2, 0.25) is 0 Å². The highest BCUT2D eigenvalue weighted by Crippen LogP contribution is 2.28. The molecular weight excluding hydrogens is 438 g/mol. The van der Waals surface area contributed by atoms with Crippen LogP contribution >= 0.6 is 0 Å². The Morgan fingerprint density at radius 1 is 1.23 bits per heavy atom. The van der Waals surface area contributed by atoms with Gasteiger partial charge in [-0.2, -0.15) is 0 Å². The van der Waals surface area contributed by atoms with Crippen LogP contribution in [0.15, 0.2) is 11.8 Å². The van der Waals surface area contributed by atoms with Gasteiger partial charge in [0, 0.05) is 6.92 Å². The van der Waals surface area contributed by atoms with Crippen molar-refractivity contribution >= 4 is 22.3 Å². The third kappa shape index (κ3) is 6.06. The fourth-order valence-corrected chi connectivity index (χ4v) is 3.10. The molecule has 172 valence electrons. The standard InChI is InChI=1S/C14H21NO14S/c1-4(16)15-8-11(10(19)7(27-13(8)22)3-26-30(23,24)25)29-14-9(18)5(17)2-6(28-14)12(20)21/h2,5,7-11,13-14,17-19,22H,3H2,1H3,(H,15,16)(H,20,21)(H,23,24,25)/p-2/t5-,7+,8+,9+,10-,11+,13?,14-/m0/s1. The minimum Gasteiger partial charge on any atom is -0.726 e. The van der Waals surface area contributed by atoms with Crippen molar-refractivity contribution in [1.82, 2.24) is 5.32 Å². The van der Waals surface area contributed by atoms with Crippen molar-refractivity contribution in [3.63, 3.8) is 0 Å². The van der Waals surface area contributed by atoms with E-state index >= 15 is 0 Å². The lowest BCUT2D eigenvalue weighted by atomic mass is 9.96. The van der Waals surface area contributed by atoms with Gasteiger partial charge in [-0.1, -0.05) is 0 Å². The number of carbonyl (C=O) groups excluding carboxylic acids is 2. The molecule has 0 aromatic heterocycles. The maximum atomic E-state index is 11.4. The molecule has 2 heterocycles. The number of rotatable bonds is 7. The molecule has 0 bridgehead atoms. The summed E-state index contributed by atoms with van der Waals surface area (Å²) < 4.78 is 51.0. The van der Waals surface area contributed by atoms with Gasteiger partial charge in [0.25, 0.3) is 0 Å². The molecule has 1 unspecified atom stereocenters. The topological polar surface area (TPSA) is 244 Å². The van der Waals surface area contributed by atoms with E-state index in [1.54, 1.807) is 0 Å². The Labute approximate surface area is 169 Å². The summed E-state index contributed by atoms with van der Waals surface area (Å²) in [5.41, 5.74) is 0. The van der Waals surface area contributed by atoms with E-state index in [-0.39, 0.29) is 0 Å². The monoisotopic (exact) mass is 457 g/mol. The van der Waals surface area contributed by atoms with Gasteiger partial charge in [-0.05, 0) is 6.08 Å². The molecule has 1 fully saturated rings. The molecule has 0 spiro atoms. The third-order valence-corrected chi connectivity index (χ3v) is 4.55. The number of aliphatic hydroxyl groups excluding tert-OH is 4. The molecule has 15 nitrogen and oxygen atoms in total. The van der Waals surface area contributed by atoms with Crippen LogP contribution in [-0.2, 0) is 38.4 Å². The number of carboxylic acids is 1. The molecule has 2 aliphatic rings. The molecule has 0 aliphatic carbocycles. The molecule has 1 amide bonds. The Hall–Kier alpha value is -1.89. The maximum Gasteiger partial charge on any atom is 0.229 e. The van der Waals surface area contributed by atoms with Crippen LogP contribution < -0.4 is 10.4 Å². The minimum absolute atomic E-state index is 0.635. The molecule has 2 aliphatic heterocycles. The first-order valence-corrected chi connectivity index (χ1v) is 9.64. The van der Waals surface area contributed by atoms with E-state index in [0.29, 0.717) is 6.08 Å². The molecular formula is C14H19NO14S-2. The van der Waals surface area contributed by atoms with Gasteiger partial charge in [-0.3, -0.25) is 8.98 Å². The van der Waals surface area contributed by atoms with Gasteiger partial charge < -0.3 is 54.4 Å². The molecule has 16 heteroatoms. The van der Waals surface area contributed by atoms with Crippen molar-refractivity contribution in [2.24, 2.45) is 0 Å². The van der Waals surface area contributed by atoms with Crippen LogP contribution in [0.4, 0.5) is 0 Å². The van der Waals surface area contributed by atoms with Crippen LogP contribution in [0.3, 0.4) is 0 Å². The quantitative estimate of drug-likeness (QED) is 0.177. The van der Waals surface area contributed by atoms with Gasteiger partial charge >= 0.3 is 0 Å². The van der Waals surface area contributed by atoms with E-state index in [9.17, 15) is 48.1 Å². The largest absolute Gasteiger partial charge is 0.726 e. The normalized spacial score (nSPS) is 37.1. The molecule has 8 atom stereocenters. The van der Waals surface area contributed by atoms with E-state index in [0.717, 1.165) is 6.92 Å². The number of aliphatic hydroxyl groups is 4. The molecule has 30 heavy (non-hydrogen) atoms. The predicted octanol–water partition coefficient (Wildman–Crippen LogP) is -5.86. The highest BCUT2D eigenvalue weighted by atomic mass is 32.3. The molecule has 0 aromatic rings. The lowest BCUT2D eigenvalue weighted by Gasteiger charge is -2.45. The van der Waals surface area contributed by atoms with Gasteiger partial charge in [0.1, 0.15) is 48.3 Å². The summed E-state index contributed by atoms with van der Waals surface area (Å²) in [6, 6.07) is -1.53. The first-order chi connectivity index (χ1) is 13.8. The fraction of sp³-hybridized carbons (Fsp3) is 0.714. The molecule has 5 N–H and O–H groups in total. The van der Waals surface area contributed by atoms with Gasteiger partial charge in [0.15, 0.2) is 6.29 Å². The van der Waals surface area contributed by atoms with E-state index < -0.39 is 83.8 Å². The summed E-state index contributed by atoms with van der Waals surface area (Å²) >= 11 is 0. The average molecular weight is 457 g/mol. The summed E-state index contributed by atoms with van der Waals surface area (Å²) in [6.45, 7) is -0.000369. The van der Waals surface area contributed by atoms with Crippen LogP contribution in [0, 0.1) is 0 Å². The van der Waals surface area contributed by atoms with Crippen molar-refractivity contribution < 1.29 is 66.5 Å². The van der Waals surface area contributed by atoms with E-state index in [2.05, 4.69) is 9.50 Å². The lowest BCUT2D eigenvalue weighted by Crippen LogP contribution is -2.66. The van der Waals surface area contributed by atoms with E-state index in [1.165, 1.54) is 0 Å². The Kier molecular flexibility index (Phi) is 7.72. The van der Waals surface area contributed by atoms with Gasteiger partial charge in [0.05, 0.1) is 6.61 Å². The Bertz CT molecular complexity index is 784. The predicted molar refractivity (Wildman–Crippen MR) is 85.0 cm³/mol. The van der Waals surface area contributed by atoms with E-state index in [4.69, 9.17) is 14.2 Å². The van der Waals surface area contributed by atoms with Gasteiger partial charge in [0.2, 0.25) is 22.6 Å². The smallest absolute Gasteiger partial charge is 0.229 e. The summed E-state index contributed by atoms with van der Waals surface area (Å²) in [6.07, 6.45) is -12.1. The fourth-order valence-electron chi connectivity index (χ4n) is 2.80. The second-order valence-electron chi connectivity index (χ2n) is 6.36. The number of hydrogen-bond acceptors (Lipinski definition) is 14. The van der Waals surface area contributed by atoms with Crippen LogP contribution in [-0.4, -0.2) is 101 Å². The van der Waals surface area contributed by atoms with Crippen LogP contribution in [0.25, 0.3) is 0 Å². The summed E-state index contributed by atoms with van der Waals surface area (Å²) in [4.78, 5) is 22.4. The zero-order chi connectivity index (χ0) is 22.8. The number of carboxylic acid groups (broad SMARTS) is 1. The van der Waals surface area contributed by atoms with Crippen LogP contribution in [0.5, 0.6) is 0 Å². The summed E-state index contributed by atoms with van der Waals surface area (Å²) in [5, 5.41) is 53.5. The maximum absolute atomic E-state index is 11.4. The molecule has 0 saturated carbocycles. The van der Waals surface area contributed by atoms with Crippen molar-refractivity contribution in [3.8, 4) is 0 Å². The second kappa shape index (κ2) is 9.50. The Morgan fingerprint density at radius 3 is 2.40 bits per heavy atom. The molecule has 1 saturated heterocycles. The average Bonchev–Trinajstić information content (AvgIpc) is 2.61. The number of nitrogens with one attached hydrogen (secondary N) is 1. The van der Waals surface area contributed by atoms with Crippen LogP contribution in [0.1, 0.15) is 6.92 Å². The molecule has 2 rings (SSSR count).